The van der Waals surface area contributed by atoms with Gasteiger partial charge < -0.3 is 9.57 Å². The Morgan fingerprint density at radius 2 is 2.21 bits per heavy atom. The predicted molar refractivity (Wildman–Crippen MR) is 81.0 cm³/mol. The molecule has 7 nitrogen and oxygen atoms in total. The molecule has 2 heterocycles. The van der Waals surface area contributed by atoms with E-state index < -0.39 is 29.2 Å². The average molecular weight is 355 g/mol. The number of halogens is 2. The van der Waals surface area contributed by atoms with Crippen molar-refractivity contribution >= 4 is 40.8 Å². The Bertz CT molecular complexity index is 781. The molecule has 0 N–H and O–H groups in total. The van der Waals surface area contributed by atoms with Crippen LogP contribution in [-0.4, -0.2) is 35.7 Å². The highest BCUT2D eigenvalue weighted by Crippen LogP contribution is 2.39. The number of amides is 2. The van der Waals surface area contributed by atoms with Crippen molar-refractivity contribution in [2.45, 2.75) is 25.4 Å². The first-order valence-electron chi connectivity index (χ1n) is 7.12. The minimum atomic E-state index is -1.57. The Morgan fingerprint density at radius 1 is 1.46 bits per heavy atom. The highest BCUT2D eigenvalue weighted by atomic mass is 35.5. The van der Waals surface area contributed by atoms with E-state index in [0.29, 0.717) is 0 Å². The van der Waals surface area contributed by atoms with E-state index in [9.17, 15) is 18.8 Å². The van der Waals surface area contributed by atoms with Crippen LogP contribution in [0, 0.1) is 5.82 Å². The van der Waals surface area contributed by atoms with Crippen molar-refractivity contribution in [3.05, 3.63) is 29.0 Å². The number of hydrogen-bond acceptors (Lipinski definition) is 6. The maximum atomic E-state index is 13.3. The number of rotatable bonds is 3. The molecule has 0 aromatic heterocycles. The van der Waals surface area contributed by atoms with Gasteiger partial charge in [-0.3, -0.25) is 9.59 Å². The van der Waals surface area contributed by atoms with Crippen molar-refractivity contribution in [1.29, 1.82) is 0 Å². The highest BCUT2D eigenvalue weighted by molar-refractivity contribution is 6.39. The lowest BCUT2D eigenvalue weighted by Crippen LogP contribution is -2.41. The quantitative estimate of drug-likeness (QED) is 0.610. The van der Waals surface area contributed by atoms with Crippen LogP contribution in [0.1, 0.15) is 19.8 Å². The molecular weight excluding hydrogens is 343 g/mol. The number of oxime groups is 1. The molecule has 1 aromatic carbocycles. The average Bonchev–Trinajstić information content (AvgIpc) is 3.06. The summed E-state index contributed by atoms with van der Waals surface area (Å²) in [4.78, 5) is 42.6. The van der Waals surface area contributed by atoms with Gasteiger partial charge in [0.15, 0.2) is 5.71 Å². The molecule has 1 aromatic rings. The predicted octanol–water partition coefficient (Wildman–Crippen LogP) is 1.82. The maximum Gasteiger partial charge on any atom is 0.356 e. The van der Waals surface area contributed by atoms with Gasteiger partial charge >= 0.3 is 5.97 Å². The Morgan fingerprint density at radius 3 is 2.88 bits per heavy atom. The lowest BCUT2D eigenvalue weighted by Gasteiger charge is -2.19. The Hall–Kier alpha value is -2.48. The van der Waals surface area contributed by atoms with E-state index in [4.69, 9.17) is 21.2 Å². The number of benzene rings is 1. The van der Waals surface area contributed by atoms with Crippen LogP contribution in [0.2, 0.25) is 5.02 Å². The van der Waals surface area contributed by atoms with E-state index in [0.717, 1.165) is 11.0 Å². The maximum absolute atomic E-state index is 13.3. The summed E-state index contributed by atoms with van der Waals surface area (Å²) < 4.78 is 18.1. The summed E-state index contributed by atoms with van der Waals surface area (Å²) in [7, 11) is 0. The third-order valence-electron chi connectivity index (χ3n) is 3.74. The minimum Gasteiger partial charge on any atom is -0.461 e. The number of hydrogen-bond donors (Lipinski definition) is 0. The zero-order valence-corrected chi connectivity index (χ0v) is 13.3. The van der Waals surface area contributed by atoms with Crippen LogP contribution < -0.4 is 4.90 Å². The minimum absolute atomic E-state index is 0.0583. The zero-order valence-electron chi connectivity index (χ0n) is 12.5. The second-order valence-corrected chi connectivity index (χ2v) is 5.74. The van der Waals surface area contributed by atoms with Crippen molar-refractivity contribution in [2.75, 3.05) is 11.5 Å². The van der Waals surface area contributed by atoms with Gasteiger partial charge in [-0.25, -0.2) is 14.1 Å². The Labute approximate surface area is 140 Å². The molecule has 2 aliphatic heterocycles. The van der Waals surface area contributed by atoms with Crippen LogP contribution in [0.5, 0.6) is 0 Å². The third-order valence-corrected chi connectivity index (χ3v) is 4.02. The van der Waals surface area contributed by atoms with Crippen molar-refractivity contribution in [2.24, 2.45) is 5.16 Å². The summed E-state index contributed by atoms with van der Waals surface area (Å²) in [6.45, 7) is 1.78. The molecule has 24 heavy (non-hydrogen) atoms. The zero-order chi connectivity index (χ0) is 17.5. The number of imide groups is 1. The van der Waals surface area contributed by atoms with Crippen LogP contribution in [0.25, 0.3) is 0 Å². The molecule has 0 bridgehead atoms. The first-order chi connectivity index (χ1) is 11.4. The summed E-state index contributed by atoms with van der Waals surface area (Å²) in [5, 5.41) is 3.37. The molecule has 0 saturated carbocycles. The van der Waals surface area contributed by atoms with Gasteiger partial charge in [-0.2, -0.15) is 0 Å². The van der Waals surface area contributed by atoms with Crippen LogP contribution in [0.15, 0.2) is 23.4 Å². The molecule has 1 atom stereocenters. The first-order valence-corrected chi connectivity index (χ1v) is 7.50. The Balaban J connectivity index is 1.85. The van der Waals surface area contributed by atoms with Crippen molar-refractivity contribution in [3.8, 4) is 0 Å². The fraction of sp³-hybridized carbons (Fsp3) is 0.333. The van der Waals surface area contributed by atoms with Gasteiger partial charge in [0.25, 0.3) is 5.91 Å². The molecule has 3 rings (SSSR count). The van der Waals surface area contributed by atoms with Crippen molar-refractivity contribution in [1.82, 2.24) is 0 Å². The molecule has 1 spiro atoms. The lowest BCUT2D eigenvalue weighted by molar-refractivity contribution is -0.136. The number of ether oxygens (including phenoxy) is 1. The van der Waals surface area contributed by atoms with Gasteiger partial charge in [-0.15, -0.1) is 0 Å². The van der Waals surface area contributed by atoms with Gasteiger partial charge in [0, 0.05) is 0 Å². The molecule has 0 unspecified atom stereocenters. The van der Waals surface area contributed by atoms with Crippen LogP contribution in [-0.2, 0) is 24.0 Å². The van der Waals surface area contributed by atoms with E-state index >= 15 is 0 Å². The summed E-state index contributed by atoms with van der Waals surface area (Å²) in [6.07, 6.45) is -0.449. The second-order valence-electron chi connectivity index (χ2n) is 5.33. The number of carbonyl (C=O) groups excluding carboxylic acids is 3. The van der Waals surface area contributed by atoms with Gasteiger partial charge in [0.2, 0.25) is 11.5 Å². The monoisotopic (exact) mass is 354 g/mol. The molecule has 126 valence electrons. The van der Waals surface area contributed by atoms with Gasteiger partial charge in [0.1, 0.15) is 5.82 Å². The topological polar surface area (TPSA) is 85.3 Å². The van der Waals surface area contributed by atoms with Crippen LogP contribution in [0.3, 0.4) is 0 Å². The summed E-state index contributed by atoms with van der Waals surface area (Å²) in [6, 6.07) is 3.49. The van der Waals surface area contributed by atoms with E-state index in [-0.39, 0.29) is 35.9 Å². The fourth-order valence-corrected chi connectivity index (χ4v) is 2.79. The molecule has 2 amide bonds. The first kappa shape index (κ1) is 16.4. The smallest absolute Gasteiger partial charge is 0.356 e. The number of anilines is 1. The van der Waals surface area contributed by atoms with E-state index in [2.05, 4.69) is 5.16 Å². The van der Waals surface area contributed by atoms with E-state index in [1.807, 2.05) is 0 Å². The number of carbonyl (C=O) groups is 3. The Kier molecular flexibility index (Phi) is 4.00. The largest absolute Gasteiger partial charge is 0.461 e. The van der Waals surface area contributed by atoms with E-state index in [1.165, 1.54) is 12.1 Å². The van der Waals surface area contributed by atoms with Crippen molar-refractivity contribution < 1.29 is 28.3 Å². The van der Waals surface area contributed by atoms with Gasteiger partial charge in [-0.05, 0) is 25.1 Å². The fourth-order valence-electron chi connectivity index (χ4n) is 2.61. The normalized spacial score (nSPS) is 22.8. The lowest BCUT2D eigenvalue weighted by atomic mass is 9.95. The van der Waals surface area contributed by atoms with Gasteiger partial charge in [0.05, 0.1) is 30.2 Å². The summed E-state index contributed by atoms with van der Waals surface area (Å²) in [5.74, 6) is -2.60. The standard InChI is InChI=1S/C15H12ClFN2O5/c1-2-23-13(21)11-6-15(24-18-11)7-12(20)19(14(15)22)8-3-4-10(17)9(16)5-8/h3-5H,2,6-7H2,1H3/t15-/m0/s1. The SMILES string of the molecule is CCOC(=O)C1=NO[C@]2(CC(=O)N(c3ccc(F)c(Cl)c3)C2=O)C1. The summed E-state index contributed by atoms with van der Waals surface area (Å²) >= 11 is 5.70. The van der Waals surface area contributed by atoms with Crippen LogP contribution in [0.4, 0.5) is 10.1 Å². The molecule has 0 aliphatic carbocycles. The molecular formula is C15H12ClFN2O5. The van der Waals surface area contributed by atoms with Gasteiger partial charge in [-0.1, -0.05) is 16.8 Å². The molecule has 0 radical (unpaired) electrons. The molecule has 1 fully saturated rings. The van der Waals surface area contributed by atoms with Crippen molar-refractivity contribution in [3.63, 3.8) is 0 Å². The number of nitrogens with zero attached hydrogens (tertiary/aromatic N) is 2. The molecule has 1 saturated heterocycles. The summed E-state index contributed by atoms with van der Waals surface area (Å²) in [5.41, 5.74) is -1.50. The number of esters is 1. The van der Waals surface area contributed by atoms with E-state index in [1.54, 1.807) is 6.92 Å². The second kappa shape index (κ2) is 5.86. The molecule has 9 heteroatoms. The third kappa shape index (κ3) is 2.52. The van der Waals surface area contributed by atoms with Crippen LogP contribution >= 0.6 is 11.6 Å². The molecule has 2 aliphatic rings. The highest BCUT2D eigenvalue weighted by Gasteiger charge is 2.58.